The van der Waals surface area contributed by atoms with Crippen LogP contribution in [0.3, 0.4) is 0 Å². The first-order valence-corrected chi connectivity index (χ1v) is 7.89. The van der Waals surface area contributed by atoms with Crippen LogP contribution in [0.5, 0.6) is 5.88 Å². The zero-order valence-corrected chi connectivity index (χ0v) is 13.7. The predicted octanol–water partition coefficient (Wildman–Crippen LogP) is 4.28. The lowest BCUT2D eigenvalue weighted by Crippen LogP contribution is -2.25. The number of ether oxygens (including phenoxy) is 1. The molecule has 1 aliphatic rings. The molecule has 1 fully saturated rings. The second kappa shape index (κ2) is 6.81. The lowest BCUT2D eigenvalue weighted by Gasteiger charge is -2.20. The number of alkyl halides is 3. The van der Waals surface area contributed by atoms with Crippen LogP contribution in [-0.2, 0) is 6.18 Å². The first-order chi connectivity index (χ1) is 11.9. The van der Waals surface area contributed by atoms with Crippen molar-refractivity contribution >= 4 is 17.3 Å². The molecule has 1 saturated heterocycles. The van der Waals surface area contributed by atoms with Crippen molar-refractivity contribution in [1.29, 1.82) is 5.26 Å². The molecule has 2 aromatic rings. The third-order valence-corrected chi connectivity index (χ3v) is 4.15. The number of hydrogen-bond acceptors (Lipinski definition) is 4. The highest BCUT2D eigenvalue weighted by Crippen LogP contribution is 2.30. The number of rotatable bonds is 3. The largest absolute Gasteiger partial charge is 0.472 e. The molecule has 2 heterocycles. The van der Waals surface area contributed by atoms with Crippen molar-refractivity contribution in [3.63, 3.8) is 0 Å². The van der Waals surface area contributed by atoms with Gasteiger partial charge in [0.2, 0.25) is 5.88 Å². The van der Waals surface area contributed by atoms with Crippen molar-refractivity contribution in [2.24, 2.45) is 0 Å². The predicted molar refractivity (Wildman–Crippen MR) is 86.7 cm³/mol. The van der Waals surface area contributed by atoms with Crippen LogP contribution in [0.1, 0.15) is 17.5 Å². The minimum Gasteiger partial charge on any atom is -0.472 e. The van der Waals surface area contributed by atoms with Crippen molar-refractivity contribution in [3.05, 3.63) is 52.7 Å². The minimum atomic E-state index is -4.42. The minimum absolute atomic E-state index is 0.150. The molecule has 0 radical (unpaired) electrons. The highest BCUT2D eigenvalue weighted by molar-refractivity contribution is 6.30. The second-order valence-electron chi connectivity index (χ2n) is 5.63. The topological polar surface area (TPSA) is 49.2 Å². The summed E-state index contributed by atoms with van der Waals surface area (Å²) in [6.07, 6.45) is -3.20. The van der Waals surface area contributed by atoms with E-state index in [1.54, 1.807) is 18.2 Å². The molecule has 1 aromatic heterocycles. The summed E-state index contributed by atoms with van der Waals surface area (Å²) in [5, 5.41) is 9.71. The van der Waals surface area contributed by atoms with Crippen LogP contribution in [0.15, 0.2) is 36.5 Å². The Morgan fingerprint density at radius 1 is 1.28 bits per heavy atom. The van der Waals surface area contributed by atoms with Gasteiger partial charge in [0, 0.05) is 30.3 Å². The van der Waals surface area contributed by atoms with Crippen LogP contribution in [0.2, 0.25) is 5.02 Å². The molecule has 0 bridgehead atoms. The quantitative estimate of drug-likeness (QED) is 0.812. The number of benzene rings is 1. The van der Waals surface area contributed by atoms with Gasteiger partial charge in [-0.25, -0.2) is 4.98 Å². The summed E-state index contributed by atoms with van der Waals surface area (Å²) in [5.74, 6) is 0.150. The van der Waals surface area contributed by atoms with Gasteiger partial charge in [-0.2, -0.15) is 18.4 Å². The Labute approximate surface area is 147 Å². The average molecular weight is 368 g/mol. The van der Waals surface area contributed by atoms with Gasteiger partial charge < -0.3 is 9.64 Å². The van der Waals surface area contributed by atoms with Crippen LogP contribution < -0.4 is 9.64 Å². The van der Waals surface area contributed by atoms with E-state index in [1.807, 2.05) is 4.90 Å². The molecular formula is C17H13ClF3N3O. The Hall–Kier alpha value is -2.46. The Morgan fingerprint density at radius 3 is 2.72 bits per heavy atom. The van der Waals surface area contributed by atoms with E-state index in [-0.39, 0.29) is 12.0 Å². The number of pyridine rings is 1. The molecule has 1 aromatic carbocycles. The van der Waals surface area contributed by atoms with Gasteiger partial charge in [-0.3, -0.25) is 0 Å². The van der Waals surface area contributed by atoms with Crippen molar-refractivity contribution in [1.82, 2.24) is 4.98 Å². The SMILES string of the molecule is N#Cc1cc(Cl)ccc1N1CCC(Oc2ccc(C(F)(F)F)cn2)C1. The summed E-state index contributed by atoms with van der Waals surface area (Å²) >= 11 is 5.90. The third kappa shape index (κ3) is 3.97. The lowest BCUT2D eigenvalue weighted by atomic mass is 10.2. The molecular weight excluding hydrogens is 355 g/mol. The lowest BCUT2D eigenvalue weighted by molar-refractivity contribution is -0.137. The standard InChI is InChI=1S/C17H13ClF3N3O/c18-13-2-3-15(11(7-13)8-22)24-6-5-14(10-24)25-16-4-1-12(9-23-16)17(19,20)21/h1-4,7,9,14H,5-6,10H2. The maximum absolute atomic E-state index is 12.5. The average Bonchev–Trinajstić information content (AvgIpc) is 3.02. The van der Waals surface area contributed by atoms with Crippen LogP contribution in [0, 0.1) is 11.3 Å². The molecule has 3 rings (SSSR count). The van der Waals surface area contributed by atoms with Crippen LogP contribution >= 0.6 is 11.6 Å². The van der Waals surface area contributed by atoms with E-state index in [4.69, 9.17) is 16.3 Å². The number of halogens is 4. The Bertz CT molecular complexity index is 802. The highest BCUT2D eigenvalue weighted by Gasteiger charge is 2.31. The third-order valence-electron chi connectivity index (χ3n) is 3.92. The number of aromatic nitrogens is 1. The van der Waals surface area contributed by atoms with Gasteiger partial charge >= 0.3 is 6.18 Å². The van der Waals surface area contributed by atoms with Gasteiger partial charge in [-0.15, -0.1) is 0 Å². The Morgan fingerprint density at radius 2 is 2.08 bits per heavy atom. The number of hydrogen-bond donors (Lipinski definition) is 0. The van der Waals surface area contributed by atoms with E-state index in [2.05, 4.69) is 11.1 Å². The molecule has 1 aliphatic heterocycles. The molecule has 0 saturated carbocycles. The molecule has 8 heteroatoms. The number of nitrogens with zero attached hydrogens (tertiary/aromatic N) is 3. The van der Waals surface area contributed by atoms with E-state index < -0.39 is 11.7 Å². The highest BCUT2D eigenvalue weighted by atomic mass is 35.5. The summed E-state index contributed by atoms with van der Waals surface area (Å²) in [6, 6.07) is 9.36. The van der Waals surface area contributed by atoms with Crippen LogP contribution in [0.25, 0.3) is 0 Å². The number of anilines is 1. The van der Waals surface area contributed by atoms with Gasteiger partial charge in [0.1, 0.15) is 12.2 Å². The molecule has 1 atom stereocenters. The van der Waals surface area contributed by atoms with E-state index in [0.29, 0.717) is 30.1 Å². The molecule has 25 heavy (non-hydrogen) atoms. The van der Waals surface area contributed by atoms with E-state index >= 15 is 0 Å². The first-order valence-electron chi connectivity index (χ1n) is 7.51. The summed E-state index contributed by atoms with van der Waals surface area (Å²) < 4.78 is 43.3. The van der Waals surface area contributed by atoms with Crippen molar-refractivity contribution in [2.45, 2.75) is 18.7 Å². The molecule has 1 unspecified atom stereocenters. The molecule has 4 nitrogen and oxygen atoms in total. The van der Waals surface area contributed by atoms with Crippen molar-refractivity contribution in [2.75, 3.05) is 18.0 Å². The zero-order chi connectivity index (χ0) is 18.0. The fourth-order valence-corrected chi connectivity index (χ4v) is 2.88. The molecule has 0 N–H and O–H groups in total. The molecule has 0 amide bonds. The molecule has 0 spiro atoms. The van der Waals surface area contributed by atoms with E-state index in [9.17, 15) is 18.4 Å². The van der Waals surface area contributed by atoms with Crippen LogP contribution in [0.4, 0.5) is 18.9 Å². The Balaban J connectivity index is 1.67. The fraction of sp³-hybridized carbons (Fsp3) is 0.294. The van der Waals surface area contributed by atoms with Gasteiger partial charge in [-0.05, 0) is 24.3 Å². The fourth-order valence-electron chi connectivity index (χ4n) is 2.71. The van der Waals surface area contributed by atoms with Crippen LogP contribution in [-0.4, -0.2) is 24.2 Å². The summed E-state index contributed by atoms with van der Waals surface area (Å²) in [4.78, 5) is 5.71. The zero-order valence-electron chi connectivity index (χ0n) is 12.9. The van der Waals surface area contributed by atoms with E-state index in [1.165, 1.54) is 6.07 Å². The molecule has 0 aliphatic carbocycles. The second-order valence-corrected chi connectivity index (χ2v) is 6.07. The van der Waals surface area contributed by atoms with Gasteiger partial charge in [0.15, 0.2) is 0 Å². The van der Waals surface area contributed by atoms with Crippen molar-refractivity contribution < 1.29 is 17.9 Å². The summed E-state index contributed by atoms with van der Waals surface area (Å²) in [6.45, 7) is 1.18. The van der Waals surface area contributed by atoms with Gasteiger partial charge in [0.05, 0.1) is 23.4 Å². The molecule has 130 valence electrons. The number of nitriles is 1. The first kappa shape index (κ1) is 17.4. The maximum atomic E-state index is 12.5. The summed E-state index contributed by atoms with van der Waals surface area (Å²) in [5.41, 5.74) is 0.423. The maximum Gasteiger partial charge on any atom is 0.417 e. The van der Waals surface area contributed by atoms with Gasteiger partial charge in [0.25, 0.3) is 0 Å². The van der Waals surface area contributed by atoms with Crippen molar-refractivity contribution in [3.8, 4) is 11.9 Å². The monoisotopic (exact) mass is 367 g/mol. The Kier molecular flexibility index (Phi) is 4.73. The normalized spacial score (nSPS) is 17.4. The summed E-state index contributed by atoms with van der Waals surface area (Å²) in [7, 11) is 0. The smallest absolute Gasteiger partial charge is 0.417 e. The van der Waals surface area contributed by atoms with E-state index in [0.717, 1.165) is 18.0 Å². The van der Waals surface area contributed by atoms with Gasteiger partial charge in [-0.1, -0.05) is 11.6 Å².